The summed E-state index contributed by atoms with van der Waals surface area (Å²) in [6.45, 7) is 2.67. The number of carboxylic acids is 1. The molecule has 1 saturated heterocycles. The molecule has 2 aromatic carbocycles. The van der Waals surface area contributed by atoms with Gasteiger partial charge < -0.3 is 20.2 Å². The Morgan fingerprint density at radius 2 is 1.77 bits per heavy atom. The number of aromatic carboxylic acids is 1. The number of carboxylic acid groups (broad SMARTS) is 1. The van der Waals surface area contributed by atoms with E-state index in [4.69, 9.17) is 5.11 Å². The highest BCUT2D eigenvalue weighted by Crippen LogP contribution is 2.24. The highest BCUT2D eigenvalue weighted by Gasteiger charge is 2.29. The van der Waals surface area contributed by atoms with Gasteiger partial charge in [0.15, 0.2) is 0 Å². The highest BCUT2D eigenvalue weighted by atomic mass is 16.4. The summed E-state index contributed by atoms with van der Waals surface area (Å²) in [5.41, 5.74) is 2.23. The van der Waals surface area contributed by atoms with Crippen LogP contribution in [0, 0.1) is 0 Å². The lowest BCUT2D eigenvalue weighted by Gasteiger charge is -2.40. The number of nitrogens with one attached hydrogen (secondary N) is 1. The third-order valence-corrected chi connectivity index (χ3v) is 4.67. The smallest absolute Gasteiger partial charge is 0.335 e. The van der Waals surface area contributed by atoms with Gasteiger partial charge in [0.2, 0.25) is 0 Å². The van der Waals surface area contributed by atoms with Crippen LogP contribution in [0.4, 0.5) is 4.79 Å². The van der Waals surface area contributed by atoms with Gasteiger partial charge in [-0.25, -0.2) is 9.59 Å². The maximum atomic E-state index is 12.7. The maximum Gasteiger partial charge on any atom is 0.335 e. The summed E-state index contributed by atoms with van der Waals surface area (Å²) in [6.07, 6.45) is 0. The van der Waals surface area contributed by atoms with Gasteiger partial charge in [0.25, 0.3) is 0 Å². The molecule has 1 aliphatic rings. The van der Waals surface area contributed by atoms with Gasteiger partial charge in [-0.05, 0) is 30.3 Å². The van der Waals surface area contributed by atoms with Crippen LogP contribution in [0.3, 0.4) is 0 Å². The van der Waals surface area contributed by atoms with Crippen LogP contribution in [0.5, 0.6) is 0 Å². The van der Waals surface area contributed by atoms with Crippen molar-refractivity contribution >= 4 is 12.0 Å². The van der Waals surface area contributed by atoms with E-state index < -0.39 is 5.97 Å². The Morgan fingerprint density at radius 3 is 2.42 bits per heavy atom. The van der Waals surface area contributed by atoms with Gasteiger partial charge in [0.1, 0.15) is 0 Å². The van der Waals surface area contributed by atoms with Gasteiger partial charge in [-0.15, -0.1) is 0 Å². The zero-order chi connectivity index (χ0) is 18.5. The number of carbonyl (C=O) groups is 2. The van der Waals surface area contributed by atoms with Crippen LogP contribution in [0.25, 0.3) is 0 Å². The fraction of sp³-hybridized carbons (Fsp3) is 0.300. The molecule has 1 unspecified atom stereocenters. The van der Waals surface area contributed by atoms with Gasteiger partial charge in [0, 0.05) is 26.2 Å². The monoisotopic (exact) mass is 353 g/mol. The van der Waals surface area contributed by atoms with E-state index in [1.165, 1.54) is 0 Å². The molecule has 6 nitrogen and oxygen atoms in total. The first kappa shape index (κ1) is 17.9. The molecule has 0 aromatic heterocycles. The second kappa shape index (κ2) is 8.01. The Balaban J connectivity index is 1.66. The summed E-state index contributed by atoms with van der Waals surface area (Å²) in [5, 5.41) is 11.9. The van der Waals surface area contributed by atoms with Crippen molar-refractivity contribution in [3.63, 3.8) is 0 Å². The normalized spacial score (nSPS) is 17.7. The number of hydrogen-bond acceptors (Lipinski definition) is 3. The predicted octanol–water partition coefficient (Wildman–Crippen LogP) is 2.58. The standard InChI is InChI=1S/C20H23N3O3/c1-22-11-12-23(18(14-22)16-5-3-2-4-6-16)20(26)21-13-15-7-9-17(10-8-15)19(24)25/h2-10,18H,11-14H2,1H3,(H,21,26)(H,24,25). The maximum absolute atomic E-state index is 12.7. The molecule has 1 atom stereocenters. The van der Waals surface area contributed by atoms with Crippen molar-refractivity contribution in [2.75, 3.05) is 26.7 Å². The first-order chi connectivity index (χ1) is 12.5. The molecule has 0 saturated carbocycles. The number of amides is 2. The molecule has 136 valence electrons. The third kappa shape index (κ3) is 4.21. The van der Waals surface area contributed by atoms with Gasteiger partial charge in [-0.2, -0.15) is 0 Å². The summed E-state index contributed by atoms with van der Waals surface area (Å²) in [4.78, 5) is 27.7. The lowest BCUT2D eigenvalue weighted by Crippen LogP contribution is -2.52. The molecule has 26 heavy (non-hydrogen) atoms. The van der Waals surface area contributed by atoms with Crippen LogP contribution in [-0.4, -0.2) is 53.6 Å². The summed E-state index contributed by atoms with van der Waals surface area (Å²) in [7, 11) is 2.06. The Labute approximate surface area is 153 Å². The Hall–Kier alpha value is -2.86. The van der Waals surface area contributed by atoms with Crippen molar-refractivity contribution in [1.29, 1.82) is 0 Å². The molecule has 2 amide bonds. The van der Waals surface area contributed by atoms with E-state index in [-0.39, 0.29) is 17.6 Å². The predicted molar refractivity (Wildman–Crippen MR) is 99.0 cm³/mol. The van der Waals surface area contributed by atoms with E-state index in [2.05, 4.69) is 29.4 Å². The van der Waals surface area contributed by atoms with E-state index in [0.717, 1.165) is 24.2 Å². The fourth-order valence-electron chi connectivity index (χ4n) is 3.17. The zero-order valence-electron chi connectivity index (χ0n) is 14.8. The van der Waals surface area contributed by atoms with Gasteiger partial charge in [-0.1, -0.05) is 42.5 Å². The van der Waals surface area contributed by atoms with E-state index in [1.807, 2.05) is 23.1 Å². The molecule has 0 bridgehead atoms. The number of urea groups is 1. The van der Waals surface area contributed by atoms with Crippen molar-refractivity contribution in [2.24, 2.45) is 0 Å². The number of benzene rings is 2. The van der Waals surface area contributed by atoms with Crippen molar-refractivity contribution < 1.29 is 14.7 Å². The quantitative estimate of drug-likeness (QED) is 0.886. The Bertz CT molecular complexity index is 762. The lowest BCUT2D eigenvalue weighted by molar-refractivity contribution is 0.0696. The molecule has 0 spiro atoms. The number of piperazine rings is 1. The number of likely N-dealkylation sites (N-methyl/N-ethyl adjacent to an activating group) is 1. The van der Waals surface area contributed by atoms with E-state index in [0.29, 0.717) is 13.1 Å². The molecule has 6 heteroatoms. The number of hydrogen-bond donors (Lipinski definition) is 2. The lowest BCUT2D eigenvalue weighted by atomic mass is 10.0. The summed E-state index contributed by atoms with van der Waals surface area (Å²) in [6, 6.07) is 16.5. The molecular weight excluding hydrogens is 330 g/mol. The molecular formula is C20H23N3O3. The van der Waals surface area contributed by atoms with E-state index in [9.17, 15) is 9.59 Å². The molecule has 1 fully saturated rings. The van der Waals surface area contributed by atoms with E-state index >= 15 is 0 Å². The van der Waals surface area contributed by atoms with Gasteiger partial charge >= 0.3 is 12.0 Å². The SMILES string of the molecule is CN1CCN(C(=O)NCc2ccc(C(=O)O)cc2)C(c2ccccc2)C1. The van der Waals surface area contributed by atoms with Gasteiger partial charge in [-0.3, -0.25) is 0 Å². The number of nitrogens with zero attached hydrogens (tertiary/aromatic N) is 2. The molecule has 3 rings (SSSR count). The number of rotatable bonds is 4. The van der Waals surface area contributed by atoms with Crippen LogP contribution in [-0.2, 0) is 6.54 Å². The van der Waals surface area contributed by atoms with Crippen LogP contribution in [0.1, 0.15) is 27.5 Å². The molecule has 1 heterocycles. The van der Waals surface area contributed by atoms with Crippen molar-refractivity contribution in [1.82, 2.24) is 15.1 Å². The topological polar surface area (TPSA) is 72.9 Å². The zero-order valence-corrected chi connectivity index (χ0v) is 14.8. The van der Waals surface area contributed by atoms with E-state index in [1.54, 1.807) is 24.3 Å². The van der Waals surface area contributed by atoms with Crippen LogP contribution in [0.2, 0.25) is 0 Å². The van der Waals surface area contributed by atoms with Gasteiger partial charge in [0.05, 0.1) is 11.6 Å². The Morgan fingerprint density at radius 1 is 1.08 bits per heavy atom. The second-order valence-corrected chi connectivity index (χ2v) is 6.54. The van der Waals surface area contributed by atoms with Crippen LogP contribution < -0.4 is 5.32 Å². The Kier molecular flexibility index (Phi) is 5.53. The molecule has 2 aromatic rings. The number of carbonyl (C=O) groups excluding carboxylic acids is 1. The van der Waals surface area contributed by atoms with Crippen molar-refractivity contribution in [2.45, 2.75) is 12.6 Å². The largest absolute Gasteiger partial charge is 0.478 e. The molecule has 2 N–H and O–H groups in total. The second-order valence-electron chi connectivity index (χ2n) is 6.54. The first-order valence-corrected chi connectivity index (χ1v) is 8.65. The fourth-order valence-corrected chi connectivity index (χ4v) is 3.17. The molecule has 1 aliphatic heterocycles. The van der Waals surface area contributed by atoms with Crippen molar-refractivity contribution in [3.8, 4) is 0 Å². The van der Waals surface area contributed by atoms with Crippen LogP contribution >= 0.6 is 0 Å². The highest BCUT2D eigenvalue weighted by molar-refractivity contribution is 5.87. The third-order valence-electron chi connectivity index (χ3n) is 4.67. The average Bonchev–Trinajstić information content (AvgIpc) is 2.67. The minimum Gasteiger partial charge on any atom is -0.478 e. The average molecular weight is 353 g/mol. The minimum atomic E-state index is -0.955. The van der Waals surface area contributed by atoms with Crippen molar-refractivity contribution in [3.05, 3.63) is 71.3 Å². The minimum absolute atomic E-state index is 0.0179. The molecule has 0 aliphatic carbocycles. The summed E-state index contributed by atoms with van der Waals surface area (Å²) >= 11 is 0. The molecule has 0 radical (unpaired) electrons. The first-order valence-electron chi connectivity index (χ1n) is 8.65. The summed E-state index contributed by atoms with van der Waals surface area (Å²) in [5.74, 6) is -0.955. The van der Waals surface area contributed by atoms with Crippen LogP contribution in [0.15, 0.2) is 54.6 Å². The summed E-state index contributed by atoms with van der Waals surface area (Å²) < 4.78 is 0.